The molecule has 1 aliphatic heterocycles. The Morgan fingerprint density at radius 3 is 2.58 bits per heavy atom. The minimum atomic E-state index is -0.832. The molecule has 0 spiro atoms. The van der Waals surface area contributed by atoms with Gasteiger partial charge >= 0.3 is 0 Å². The van der Waals surface area contributed by atoms with Crippen LogP contribution in [0.25, 0.3) is 0 Å². The van der Waals surface area contributed by atoms with E-state index in [1.807, 2.05) is 4.31 Å². The highest BCUT2D eigenvalue weighted by molar-refractivity contribution is 7.81. The SMILES string of the molecule is CC1CN(S(C)=O)CC1(C)CN. The highest BCUT2D eigenvalue weighted by Crippen LogP contribution is 2.34. The van der Waals surface area contributed by atoms with Crippen LogP contribution in [0, 0.1) is 11.3 Å². The summed E-state index contributed by atoms with van der Waals surface area (Å²) in [6.45, 7) is 6.82. The minimum absolute atomic E-state index is 0.158. The summed E-state index contributed by atoms with van der Waals surface area (Å²) in [5, 5.41) is 0. The van der Waals surface area contributed by atoms with Crippen LogP contribution in [0.2, 0.25) is 0 Å². The maximum Gasteiger partial charge on any atom is 0.0911 e. The van der Waals surface area contributed by atoms with E-state index < -0.39 is 11.0 Å². The normalized spacial score (nSPS) is 40.2. The second-order valence-electron chi connectivity index (χ2n) is 4.01. The molecule has 3 atom stereocenters. The maximum absolute atomic E-state index is 11.2. The Balaban J connectivity index is 2.68. The first-order valence-electron chi connectivity index (χ1n) is 4.28. The molecule has 0 bridgehead atoms. The predicted molar refractivity (Wildman–Crippen MR) is 52.0 cm³/mol. The Labute approximate surface area is 76.9 Å². The largest absolute Gasteiger partial charge is 0.330 e. The van der Waals surface area contributed by atoms with Crippen LogP contribution < -0.4 is 5.73 Å². The van der Waals surface area contributed by atoms with Gasteiger partial charge in [-0.2, -0.15) is 0 Å². The smallest absolute Gasteiger partial charge is 0.0911 e. The van der Waals surface area contributed by atoms with Gasteiger partial charge in [0.2, 0.25) is 0 Å². The van der Waals surface area contributed by atoms with Crippen LogP contribution in [0.4, 0.5) is 0 Å². The highest BCUT2D eigenvalue weighted by Gasteiger charge is 2.40. The highest BCUT2D eigenvalue weighted by atomic mass is 32.2. The summed E-state index contributed by atoms with van der Waals surface area (Å²) in [7, 11) is -0.832. The van der Waals surface area contributed by atoms with Gasteiger partial charge in [-0.15, -0.1) is 0 Å². The lowest BCUT2D eigenvalue weighted by atomic mass is 9.81. The molecule has 0 aromatic heterocycles. The zero-order chi connectivity index (χ0) is 9.35. The van der Waals surface area contributed by atoms with Crippen LogP contribution in [0.3, 0.4) is 0 Å². The van der Waals surface area contributed by atoms with Gasteiger partial charge in [0.1, 0.15) is 0 Å². The summed E-state index contributed by atoms with van der Waals surface area (Å²) in [4.78, 5) is 0. The van der Waals surface area contributed by atoms with Gasteiger partial charge in [0.15, 0.2) is 0 Å². The summed E-state index contributed by atoms with van der Waals surface area (Å²) in [6.07, 6.45) is 1.73. The lowest BCUT2D eigenvalue weighted by Gasteiger charge is -2.25. The first-order valence-corrected chi connectivity index (χ1v) is 5.79. The topological polar surface area (TPSA) is 46.3 Å². The van der Waals surface area contributed by atoms with Gasteiger partial charge in [0.25, 0.3) is 0 Å². The van der Waals surface area contributed by atoms with E-state index in [0.29, 0.717) is 12.5 Å². The molecule has 12 heavy (non-hydrogen) atoms. The maximum atomic E-state index is 11.2. The molecular formula is C8H18N2OS. The van der Waals surface area contributed by atoms with Crippen LogP contribution in [-0.4, -0.2) is 34.4 Å². The van der Waals surface area contributed by atoms with Crippen molar-refractivity contribution in [1.82, 2.24) is 4.31 Å². The van der Waals surface area contributed by atoms with E-state index in [2.05, 4.69) is 13.8 Å². The molecule has 1 saturated heterocycles. The van der Waals surface area contributed by atoms with Crippen molar-refractivity contribution in [3.05, 3.63) is 0 Å². The second-order valence-corrected chi connectivity index (χ2v) is 5.37. The minimum Gasteiger partial charge on any atom is -0.330 e. The molecule has 0 aromatic carbocycles. The summed E-state index contributed by atoms with van der Waals surface area (Å²) in [5.41, 5.74) is 5.85. The molecule has 0 amide bonds. The van der Waals surface area contributed by atoms with Crippen LogP contribution in [0.5, 0.6) is 0 Å². The molecule has 1 heterocycles. The van der Waals surface area contributed by atoms with E-state index in [1.54, 1.807) is 6.26 Å². The Kier molecular flexibility index (Phi) is 2.91. The van der Waals surface area contributed by atoms with Gasteiger partial charge in [-0.05, 0) is 17.9 Å². The van der Waals surface area contributed by atoms with E-state index in [9.17, 15) is 4.21 Å². The molecule has 1 aliphatic rings. The van der Waals surface area contributed by atoms with Gasteiger partial charge < -0.3 is 5.73 Å². The van der Waals surface area contributed by atoms with Crippen molar-refractivity contribution < 1.29 is 4.21 Å². The summed E-state index contributed by atoms with van der Waals surface area (Å²) in [5.74, 6) is 0.548. The van der Waals surface area contributed by atoms with Gasteiger partial charge in [-0.25, -0.2) is 8.51 Å². The monoisotopic (exact) mass is 190 g/mol. The molecule has 1 rings (SSSR count). The molecule has 3 unspecified atom stereocenters. The molecule has 0 saturated carbocycles. The van der Waals surface area contributed by atoms with Crippen molar-refractivity contribution in [2.75, 3.05) is 25.9 Å². The van der Waals surface area contributed by atoms with Crippen molar-refractivity contribution in [3.8, 4) is 0 Å². The molecule has 0 aromatic rings. The van der Waals surface area contributed by atoms with E-state index in [1.165, 1.54) is 0 Å². The number of hydrogen-bond acceptors (Lipinski definition) is 2. The number of nitrogens with zero attached hydrogens (tertiary/aromatic N) is 1. The van der Waals surface area contributed by atoms with E-state index in [0.717, 1.165) is 13.1 Å². The van der Waals surface area contributed by atoms with Crippen LogP contribution >= 0.6 is 0 Å². The Hall–Kier alpha value is 0.0700. The van der Waals surface area contributed by atoms with E-state index >= 15 is 0 Å². The van der Waals surface area contributed by atoms with Gasteiger partial charge in [-0.1, -0.05) is 13.8 Å². The summed E-state index contributed by atoms with van der Waals surface area (Å²) in [6, 6.07) is 0. The molecule has 1 fully saturated rings. The molecule has 0 radical (unpaired) electrons. The lowest BCUT2D eigenvalue weighted by Crippen LogP contribution is -2.34. The molecule has 72 valence electrons. The summed E-state index contributed by atoms with van der Waals surface area (Å²) >= 11 is 0. The van der Waals surface area contributed by atoms with Gasteiger partial charge in [0.05, 0.1) is 11.0 Å². The molecule has 2 N–H and O–H groups in total. The fourth-order valence-electron chi connectivity index (χ4n) is 1.61. The third kappa shape index (κ3) is 1.70. The van der Waals surface area contributed by atoms with Crippen molar-refractivity contribution in [2.24, 2.45) is 17.1 Å². The van der Waals surface area contributed by atoms with Crippen molar-refractivity contribution >= 4 is 11.0 Å². The number of rotatable bonds is 2. The average molecular weight is 190 g/mol. The average Bonchev–Trinajstić information content (AvgIpc) is 2.30. The standard InChI is InChI=1S/C8H18N2OS/c1-7-4-10(12(3)11)6-8(7,2)5-9/h7H,4-6,9H2,1-3H3. The lowest BCUT2D eigenvalue weighted by molar-refractivity contribution is 0.282. The third-order valence-electron chi connectivity index (χ3n) is 3.03. The fourth-order valence-corrected chi connectivity index (χ4v) is 2.52. The zero-order valence-electron chi connectivity index (χ0n) is 8.04. The second kappa shape index (κ2) is 3.44. The summed E-state index contributed by atoms with van der Waals surface area (Å²) < 4.78 is 13.2. The Morgan fingerprint density at radius 1 is 1.75 bits per heavy atom. The molecule has 0 aliphatic carbocycles. The van der Waals surface area contributed by atoms with Crippen molar-refractivity contribution in [2.45, 2.75) is 13.8 Å². The quantitative estimate of drug-likeness (QED) is 0.676. The number of nitrogens with two attached hydrogens (primary N) is 1. The first-order chi connectivity index (χ1) is 5.49. The van der Waals surface area contributed by atoms with E-state index in [-0.39, 0.29) is 5.41 Å². The van der Waals surface area contributed by atoms with Crippen LogP contribution in [0.15, 0.2) is 0 Å². The fraction of sp³-hybridized carbons (Fsp3) is 1.00. The number of hydrogen-bond donors (Lipinski definition) is 1. The van der Waals surface area contributed by atoms with E-state index in [4.69, 9.17) is 5.73 Å². The molecule has 4 heteroatoms. The Morgan fingerprint density at radius 2 is 2.33 bits per heavy atom. The van der Waals surface area contributed by atoms with Crippen LogP contribution in [0.1, 0.15) is 13.8 Å². The van der Waals surface area contributed by atoms with Crippen molar-refractivity contribution in [1.29, 1.82) is 0 Å². The van der Waals surface area contributed by atoms with Gasteiger partial charge in [-0.3, -0.25) is 0 Å². The zero-order valence-corrected chi connectivity index (χ0v) is 8.86. The predicted octanol–water partition coefficient (Wildman–Crippen LogP) is 0.197. The first kappa shape index (κ1) is 10.2. The third-order valence-corrected chi connectivity index (χ3v) is 4.04. The van der Waals surface area contributed by atoms with Crippen molar-refractivity contribution in [3.63, 3.8) is 0 Å². The molecule has 3 nitrogen and oxygen atoms in total. The van der Waals surface area contributed by atoms with Crippen LogP contribution in [-0.2, 0) is 11.0 Å². The van der Waals surface area contributed by atoms with Gasteiger partial charge in [0, 0.05) is 19.3 Å². The Bertz CT molecular complexity index is 197. The molecular weight excluding hydrogens is 172 g/mol.